The van der Waals surface area contributed by atoms with Crippen LogP contribution in [0.15, 0.2) is 0 Å². The summed E-state index contributed by atoms with van der Waals surface area (Å²) < 4.78 is 5.54. The van der Waals surface area contributed by atoms with E-state index in [1.165, 1.54) is 0 Å². The molecule has 0 aromatic rings. The highest BCUT2D eigenvalue weighted by atomic mass is 16.5. The lowest BCUT2D eigenvalue weighted by molar-refractivity contribution is -0.0387. The van der Waals surface area contributed by atoms with Crippen LogP contribution in [0.25, 0.3) is 0 Å². The highest BCUT2D eigenvalue weighted by Gasteiger charge is 2.36. The first-order valence-electron chi connectivity index (χ1n) is 7.79. The zero-order valence-electron chi connectivity index (χ0n) is 12.6. The van der Waals surface area contributed by atoms with Gasteiger partial charge in [-0.15, -0.1) is 0 Å². The number of aliphatic hydroxyl groups is 1. The van der Waals surface area contributed by atoms with Crippen LogP contribution in [0.2, 0.25) is 0 Å². The molecule has 0 spiro atoms. The Balaban J connectivity index is 1.89. The van der Waals surface area contributed by atoms with Gasteiger partial charge in [0.2, 0.25) is 0 Å². The number of hydrogen-bond acceptors (Lipinski definition) is 4. The molecule has 0 aromatic heterocycles. The topological polar surface area (TPSA) is 44.7 Å². The van der Waals surface area contributed by atoms with E-state index < -0.39 is 5.60 Å². The highest BCUT2D eigenvalue weighted by molar-refractivity contribution is 4.90. The Hall–Kier alpha value is -0.160. The zero-order valence-corrected chi connectivity index (χ0v) is 12.6. The van der Waals surface area contributed by atoms with Crippen LogP contribution in [-0.2, 0) is 4.74 Å². The van der Waals surface area contributed by atoms with Crippen molar-refractivity contribution in [2.45, 2.75) is 45.1 Å². The molecule has 2 aliphatic rings. The summed E-state index contributed by atoms with van der Waals surface area (Å²) in [5.74, 6) is 0. The van der Waals surface area contributed by atoms with Crippen molar-refractivity contribution in [3.63, 3.8) is 0 Å². The van der Waals surface area contributed by atoms with Gasteiger partial charge >= 0.3 is 0 Å². The number of likely N-dealkylation sites (tertiary alicyclic amines) is 1. The number of ether oxygens (including phenoxy) is 1. The Kier molecular flexibility index (Phi) is 5.23. The van der Waals surface area contributed by atoms with Gasteiger partial charge in [-0.05, 0) is 44.6 Å². The molecule has 0 bridgehead atoms. The van der Waals surface area contributed by atoms with E-state index in [1.54, 1.807) is 0 Å². The standard InChI is InChI=1S/C15H30N2O2/c1-3-16-12-15(6-10-19-11-7-15)13-17-8-4-14(2,18)5-9-17/h16,18H,3-13H2,1-2H3. The van der Waals surface area contributed by atoms with E-state index in [0.717, 1.165) is 71.6 Å². The molecule has 0 unspecified atom stereocenters. The monoisotopic (exact) mass is 270 g/mol. The van der Waals surface area contributed by atoms with E-state index in [4.69, 9.17) is 4.74 Å². The summed E-state index contributed by atoms with van der Waals surface area (Å²) in [6.45, 7) is 11.3. The fraction of sp³-hybridized carbons (Fsp3) is 1.00. The molecule has 2 fully saturated rings. The first kappa shape index (κ1) is 15.2. The predicted octanol–water partition coefficient (Wildman–Crippen LogP) is 1.24. The molecule has 112 valence electrons. The van der Waals surface area contributed by atoms with E-state index in [2.05, 4.69) is 17.1 Å². The van der Waals surface area contributed by atoms with Gasteiger partial charge < -0.3 is 20.1 Å². The third-order valence-electron chi connectivity index (χ3n) is 4.80. The quantitative estimate of drug-likeness (QED) is 0.789. The van der Waals surface area contributed by atoms with Crippen LogP contribution < -0.4 is 5.32 Å². The average Bonchev–Trinajstić information content (AvgIpc) is 2.40. The van der Waals surface area contributed by atoms with Gasteiger partial charge in [0.25, 0.3) is 0 Å². The summed E-state index contributed by atoms with van der Waals surface area (Å²) in [4.78, 5) is 2.54. The van der Waals surface area contributed by atoms with Crippen molar-refractivity contribution in [1.82, 2.24) is 10.2 Å². The SMILES string of the molecule is CCNCC1(CN2CCC(C)(O)CC2)CCOCC1. The molecule has 4 nitrogen and oxygen atoms in total. The number of hydrogen-bond donors (Lipinski definition) is 2. The summed E-state index contributed by atoms with van der Waals surface area (Å²) in [5, 5.41) is 13.6. The first-order valence-corrected chi connectivity index (χ1v) is 7.79. The Labute approximate surface area is 117 Å². The van der Waals surface area contributed by atoms with Gasteiger partial charge in [0, 0.05) is 39.4 Å². The molecule has 2 heterocycles. The van der Waals surface area contributed by atoms with Crippen LogP contribution in [-0.4, -0.2) is 61.5 Å². The smallest absolute Gasteiger partial charge is 0.0644 e. The Bertz CT molecular complexity index is 265. The lowest BCUT2D eigenvalue weighted by atomic mass is 9.78. The maximum atomic E-state index is 10.0. The normalized spacial score (nSPS) is 27.3. The molecule has 0 atom stereocenters. The number of nitrogens with one attached hydrogen (secondary N) is 1. The fourth-order valence-electron chi connectivity index (χ4n) is 3.25. The van der Waals surface area contributed by atoms with Crippen molar-refractivity contribution < 1.29 is 9.84 Å². The second-order valence-corrected chi connectivity index (χ2v) is 6.67. The minimum absolute atomic E-state index is 0.372. The Morgan fingerprint density at radius 2 is 1.79 bits per heavy atom. The molecular formula is C15H30N2O2. The summed E-state index contributed by atoms with van der Waals surface area (Å²) in [5.41, 5.74) is -0.0710. The first-order chi connectivity index (χ1) is 9.05. The third kappa shape index (κ3) is 4.42. The molecule has 19 heavy (non-hydrogen) atoms. The van der Waals surface area contributed by atoms with Gasteiger partial charge in [-0.2, -0.15) is 0 Å². The molecule has 2 rings (SSSR count). The average molecular weight is 270 g/mol. The third-order valence-corrected chi connectivity index (χ3v) is 4.80. The van der Waals surface area contributed by atoms with Crippen LogP contribution in [0.1, 0.15) is 39.5 Å². The van der Waals surface area contributed by atoms with Crippen molar-refractivity contribution in [1.29, 1.82) is 0 Å². The van der Waals surface area contributed by atoms with Gasteiger partial charge in [-0.3, -0.25) is 0 Å². The number of nitrogens with zero attached hydrogens (tertiary/aromatic N) is 1. The van der Waals surface area contributed by atoms with Crippen molar-refractivity contribution in [3.8, 4) is 0 Å². The molecule has 4 heteroatoms. The fourth-order valence-corrected chi connectivity index (χ4v) is 3.25. The molecule has 0 saturated carbocycles. The van der Waals surface area contributed by atoms with Gasteiger partial charge in [0.15, 0.2) is 0 Å². The zero-order chi connectivity index (χ0) is 13.8. The van der Waals surface area contributed by atoms with E-state index >= 15 is 0 Å². The van der Waals surface area contributed by atoms with E-state index in [9.17, 15) is 5.11 Å². The Morgan fingerprint density at radius 3 is 2.37 bits per heavy atom. The summed E-state index contributed by atoms with van der Waals surface area (Å²) in [6.07, 6.45) is 4.13. The predicted molar refractivity (Wildman–Crippen MR) is 77.3 cm³/mol. The summed E-state index contributed by atoms with van der Waals surface area (Å²) in [7, 11) is 0. The maximum Gasteiger partial charge on any atom is 0.0644 e. The molecule has 0 aromatic carbocycles. The lowest BCUT2D eigenvalue weighted by Gasteiger charge is -2.44. The van der Waals surface area contributed by atoms with Gasteiger partial charge in [0.1, 0.15) is 0 Å². The minimum atomic E-state index is -0.443. The van der Waals surface area contributed by atoms with Crippen LogP contribution in [0.5, 0.6) is 0 Å². The molecular weight excluding hydrogens is 240 g/mol. The second-order valence-electron chi connectivity index (χ2n) is 6.67. The second kappa shape index (κ2) is 6.53. The van der Waals surface area contributed by atoms with Crippen LogP contribution in [0, 0.1) is 5.41 Å². The van der Waals surface area contributed by atoms with Crippen LogP contribution in [0.4, 0.5) is 0 Å². The minimum Gasteiger partial charge on any atom is -0.390 e. The maximum absolute atomic E-state index is 10.0. The van der Waals surface area contributed by atoms with Gasteiger partial charge in [-0.1, -0.05) is 6.92 Å². The van der Waals surface area contributed by atoms with Crippen molar-refractivity contribution >= 4 is 0 Å². The number of rotatable bonds is 5. The lowest BCUT2D eigenvalue weighted by Crippen LogP contribution is -2.51. The van der Waals surface area contributed by atoms with E-state index in [0.29, 0.717) is 5.41 Å². The molecule has 2 saturated heterocycles. The Morgan fingerprint density at radius 1 is 1.16 bits per heavy atom. The molecule has 0 radical (unpaired) electrons. The van der Waals surface area contributed by atoms with E-state index in [-0.39, 0.29) is 0 Å². The van der Waals surface area contributed by atoms with Gasteiger partial charge in [0.05, 0.1) is 5.60 Å². The number of piperidine rings is 1. The molecule has 2 N–H and O–H groups in total. The summed E-state index contributed by atoms with van der Waals surface area (Å²) >= 11 is 0. The van der Waals surface area contributed by atoms with E-state index in [1.807, 2.05) is 6.92 Å². The van der Waals surface area contributed by atoms with Crippen molar-refractivity contribution in [3.05, 3.63) is 0 Å². The molecule has 0 aliphatic carbocycles. The van der Waals surface area contributed by atoms with Crippen molar-refractivity contribution in [2.75, 3.05) is 45.9 Å². The largest absolute Gasteiger partial charge is 0.390 e. The highest BCUT2D eigenvalue weighted by Crippen LogP contribution is 2.33. The molecule has 2 aliphatic heterocycles. The van der Waals surface area contributed by atoms with Crippen molar-refractivity contribution in [2.24, 2.45) is 5.41 Å². The molecule has 0 amide bonds. The van der Waals surface area contributed by atoms with Crippen LogP contribution >= 0.6 is 0 Å². The summed E-state index contributed by atoms with van der Waals surface area (Å²) in [6, 6.07) is 0. The van der Waals surface area contributed by atoms with Crippen LogP contribution in [0.3, 0.4) is 0 Å². The van der Waals surface area contributed by atoms with Gasteiger partial charge in [-0.25, -0.2) is 0 Å².